The van der Waals surface area contributed by atoms with Crippen molar-refractivity contribution in [3.63, 3.8) is 0 Å². The number of hydrogen-bond donors (Lipinski definition) is 1. The second kappa shape index (κ2) is 5.28. The van der Waals surface area contributed by atoms with E-state index < -0.39 is 11.4 Å². The van der Waals surface area contributed by atoms with Gasteiger partial charge in [0, 0.05) is 7.11 Å². The maximum absolute atomic E-state index is 11.2. The molecule has 0 aromatic carbocycles. The van der Waals surface area contributed by atoms with E-state index >= 15 is 0 Å². The zero-order valence-corrected chi connectivity index (χ0v) is 9.12. The van der Waals surface area contributed by atoms with Crippen molar-refractivity contribution in [2.75, 3.05) is 26.9 Å². The Morgan fingerprint density at radius 2 is 2.33 bits per heavy atom. The Labute approximate surface area is 89.9 Å². The molecule has 0 radical (unpaired) electrons. The Morgan fingerprint density at radius 3 is 2.80 bits per heavy atom. The predicted octanol–water partition coefficient (Wildman–Crippen LogP) is 1.46. The fourth-order valence-electron chi connectivity index (χ4n) is 1.85. The van der Waals surface area contributed by atoms with Crippen molar-refractivity contribution in [3.05, 3.63) is 12.2 Å². The van der Waals surface area contributed by atoms with Crippen LogP contribution < -0.4 is 0 Å². The lowest BCUT2D eigenvalue weighted by molar-refractivity contribution is -0.152. The molecule has 1 aliphatic carbocycles. The molecular formula is C11H18O4. The smallest absolute Gasteiger partial charge is 0.312 e. The quantitative estimate of drug-likeness (QED) is 0.537. The fourth-order valence-corrected chi connectivity index (χ4v) is 1.85. The van der Waals surface area contributed by atoms with Gasteiger partial charge in [-0.1, -0.05) is 12.2 Å². The van der Waals surface area contributed by atoms with Crippen LogP contribution in [0.3, 0.4) is 0 Å². The van der Waals surface area contributed by atoms with Gasteiger partial charge in [0.15, 0.2) is 0 Å². The topological polar surface area (TPSA) is 55.8 Å². The molecule has 0 bridgehead atoms. The average molecular weight is 214 g/mol. The molecule has 1 fully saturated rings. The van der Waals surface area contributed by atoms with Crippen molar-refractivity contribution in [3.8, 4) is 0 Å². The summed E-state index contributed by atoms with van der Waals surface area (Å²) in [4.78, 5) is 11.2. The lowest BCUT2D eigenvalue weighted by Gasteiger charge is -2.23. The fraction of sp³-hybridized carbons (Fsp3) is 0.727. The van der Waals surface area contributed by atoms with Crippen molar-refractivity contribution >= 4 is 5.97 Å². The third-order valence-corrected chi connectivity index (χ3v) is 2.81. The van der Waals surface area contributed by atoms with Gasteiger partial charge in [-0.25, -0.2) is 0 Å². The second-order valence-electron chi connectivity index (χ2n) is 4.06. The first kappa shape index (κ1) is 12.2. The van der Waals surface area contributed by atoms with Gasteiger partial charge in [-0.15, -0.1) is 0 Å². The highest BCUT2D eigenvalue weighted by molar-refractivity contribution is 5.76. The van der Waals surface area contributed by atoms with Crippen molar-refractivity contribution in [1.29, 1.82) is 0 Å². The number of carbonyl (C=O) groups is 1. The Morgan fingerprint density at radius 1 is 1.60 bits per heavy atom. The Bertz CT molecular complexity index is 249. The van der Waals surface area contributed by atoms with Crippen LogP contribution in [0.5, 0.6) is 0 Å². The number of hydrogen-bond acceptors (Lipinski definition) is 3. The number of allylic oxidation sites excluding steroid dienone is 1. The number of aliphatic carboxylic acids is 1. The van der Waals surface area contributed by atoms with E-state index in [0.717, 1.165) is 12.0 Å². The summed E-state index contributed by atoms with van der Waals surface area (Å²) >= 11 is 0. The highest BCUT2D eigenvalue weighted by Crippen LogP contribution is 2.41. The van der Waals surface area contributed by atoms with Crippen molar-refractivity contribution < 1.29 is 19.4 Å². The predicted molar refractivity (Wildman–Crippen MR) is 55.8 cm³/mol. The molecule has 0 aliphatic heterocycles. The minimum Gasteiger partial charge on any atom is -0.481 e. The molecular weight excluding hydrogens is 196 g/mol. The van der Waals surface area contributed by atoms with E-state index in [4.69, 9.17) is 9.47 Å². The molecule has 0 heterocycles. The molecule has 0 aromatic rings. The zero-order chi connectivity index (χ0) is 11.3. The number of carboxylic acid groups (broad SMARTS) is 1. The van der Waals surface area contributed by atoms with Gasteiger partial charge in [-0.3, -0.25) is 4.79 Å². The summed E-state index contributed by atoms with van der Waals surface area (Å²) in [5.74, 6) is -0.779. The lowest BCUT2D eigenvalue weighted by Crippen LogP contribution is -2.33. The summed E-state index contributed by atoms with van der Waals surface area (Å²) in [6, 6.07) is 0. The van der Waals surface area contributed by atoms with Crippen molar-refractivity contribution in [2.24, 2.45) is 5.41 Å². The molecule has 0 amide bonds. The number of rotatable bonds is 6. The van der Waals surface area contributed by atoms with E-state index in [2.05, 4.69) is 6.58 Å². The SMILES string of the molecule is C=C1CCC(COCCOC)(C(=O)O)C1. The van der Waals surface area contributed by atoms with Crippen LogP contribution in [0.15, 0.2) is 12.2 Å². The third-order valence-electron chi connectivity index (χ3n) is 2.81. The van der Waals surface area contributed by atoms with Gasteiger partial charge in [0.2, 0.25) is 0 Å². The van der Waals surface area contributed by atoms with E-state index in [1.165, 1.54) is 0 Å². The van der Waals surface area contributed by atoms with Crippen LogP contribution in [0.2, 0.25) is 0 Å². The molecule has 15 heavy (non-hydrogen) atoms. The number of carboxylic acids is 1. The molecule has 0 spiro atoms. The first-order valence-electron chi connectivity index (χ1n) is 5.07. The normalized spacial score (nSPS) is 25.8. The highest BCUT2D eigenvalue weighted by atomic mass is 16.5. The van der Waals surface area contributed by atoms with Crippen LogP contribution in [0, 0.1) is 5.41 Å². The van der Waals surface area contributed by atoms with Crippen LogP contribution in [-0.2, 0) is 14.3 Å². The van der Waals surface area contributed by atoms with Crippen LogP contribution in [0.1, 0.15) is 19.3 Å². The minimum absolute atomic E-state index is 0.255. The minimum atomic E-state index is -0.779. The van der Waals surface area contributed by atoms with Gasteiger partial charge < -0.3 is 14.6 Å². The van der Waals surface area contributed by atoms with E-state index in [9.17, 15) is 9.90 Å². The van der Waals surface area contributed by atoms with Gasteiger partial charge >= 0.3 is 5.97 Å². The molecule has 1 saturated carbocycles. The summed E-state index contributed by atoms with van der Waals surface area (Å²) < 4.78 is 10.2. The first-order chi connectivity index (χ1) is 7.10. The van der Waals surface area contributed by atoms with Crippen LogP contribution in [0.4, 0.5) is 0 Å². The summed E-state index contributed by atoms with van der Waals surface area (Å²) in [5, 5.41) is 9.19. The number of methoxy groups -OCH3 is 1. The van der Waals surface area contributed by atoms with Gasteiger partial charge in [-0.05, 0) is 19.3 Å². The molecule has 1 N–H and O–H groups in total. The summed E-state index contributed by atoms with van der Waals surface area (Å²) in [7, 11) is 1.59. The van der Waals surface area contributed by atoms with Crippen LogP contribution in [0.25, 0.3) is 0 Å². The molecule has 1 rings (SSSR count). The highest BCUT2D eigenvalue weighted by Gasteiger charge is 2.43. The van der Waals surface area contributed by atoms with Crippen LogP contribution >= 0.6 is 0 Å². The molecule has 1 atom stereocenters. The van der Waals surface area contributed by atoms with Crippen molar-refractivity contribution in [2.45, 2.75) is 19.3 Å². The monoisotopic (exact) mass is 214 g/mol. The number of ether oxygens (including phenoxy) is 2. The second-order valence-corrected chi connectivity index (χ2v) is 4.06. The average Bonchev–Trinajstić information content (AvgIpc) is 2.56. The largest absolute Gasteiger partial charge is 0.481 e. The van der Waals surface area contributed by atoms with Crippen molar-refractivity contribution in [1.82, 2.24) is 0 Å². The molecule has 1 aliphatic rings. The summed E-state index contributed by atoms with van der Waals surface area (Å²) in [6.07, 6.45) is 1.96. The van der Waals surface area contributed by atoms with Gasteiger partial charge in [0.1, 0.15) is 0 Å². The molecule has 0 aromatic heterocycles. The third kappa shape index (κ3) is 3.04. The maximum Gasteiger partial charge on any atom is 0.312 e. The summed E-state index contributed by atoms with van der Waals surface area (Å²) in [5.41, 5.74) is 0.262. The van der Waals surface area contributed by atoms with E-state index in [1.807, 2.05) is 0 Å². The van der Waals surface area contributed by atoms with Gasteiger partial charge in [-0.2, -0.15) is 0 Å². The molecule has 4 heteroatoms. The molecule has 4 nitrogen and oxygen atoms in total. The standard InChI is InChI=1S/C11H18O4/c1-9-3-4-11(7-9,10(12)13)8-15-6-5-14-2/h1,3-8H2,2H3,(H,12,13). The zero-order valence-electron chi connectivity index (χ0n) is 9.12. The van der Waals surface area contributed by atoms with E-state index in [-0.39, 0.29) is 6.61 Å². The summed E-state index contributed by atoms with van der Waals surface area (Å²) in [6.45, 7) is 5.03. The Kier molecular flexibility index (Phi) is 4.29. The lowest BCUT2D eigenvalue weighted by atomic mass is 9.87. The van der Waals surface area contributed by atoms with E-state index in [1.54, 1.807) is 7.11 Å². The maximum atomic E-state index is 11.2. The molecule has 0 saturated heterocycles. The van der Waals surface area contributed by atoms with Gasteiger partial charge in [0.25, 0.3) is 0 Å². The van der Waals surface area contributed by atoms with E-state index in [0.29, 0.717) is 26.1 Å². The van der Waals surface area contributed by atoms with Gasteiger partial charge in [0.05, 0.1) is 25.2 Å². The Balaban J connectivity index is 2.45. The molecule has 1 unspecified atom stereocenters. The molecule has 86 valence electrons. The van der Waals surface area contributed by atoms with Crippen LogP contribution in [-0.4, -0.2) is 38.0 Å². The Hall–Kier alpha value is -0.870. The first-order valence-corrected chi connectivity index (χ1v) is 5.07.